The minimum Gasteiger partial charge on any atom is -0.385 e. The molecule has 0 atom stereocenters. The van der Waals surface area contributed by atoms with Crippen molar-refractivity contribution in [1.29, 1.82) is 0 Å². The lowest BCUT2D eigenvalue weighted by Crippen LogP contribution is -2.39. The Balaban J connectivity index is 1.79. The highest BCUT2D eigenvalue weighted by Gasteiger charge is 2.05. The number of hydrogen-bond acceptors (Lipinski definition) is 3. The van der Waals surface area contributed by atoms with E-state index in [1.54, 1.807) is 7.11 Å². The smallest absolute Gasteiger partial charge is 0.191 e. The average molecular weight is 378 g/mol. The van der Waals surface area contributed by atoms with Gasteiger partial charge in [-0.25, -0.2) is 4.39 Å². The summed E-state index contributed by atoms with van der Waals surface area (Å²) in [5, 5.41) is 7.72. The number of ether oxygens (including phenoxy) is 1. The predicted molar refractivity (Wildman–Crippen MR) is 110 cm³/mol. The van der Waals surface area contributed by atoms with Gasteiger partial charge in [-0.15, -0.1) is 0 Å². The van der Waals surface area contributed by atoms with Gasteiger partial charge >= 0.3 is 0 Å². The van der Waals surface area contributed by atoms with E-state index in [0.29, 0.717) is 0 Å². The number of halogens is 1. The minimum absolute atomic E-state index is 0.220. The van der Waals surface area contributed by atoms with Gasteiger partial charge in [-0.1, -0.05) is 0 Å². The van der Waals surface area contributed by atoms with Gasteiger partial charge in [-0.05, 0) is 50.6 Å². The highest BCUT2D eigenvalue weighted by molar-refractivity contribution is 5.83. The number of fused-ring (bicyclic) bond motifs is 1. The molecule has 3 N–H and O–H groups in total. The molecule has 6 nitrogen and oxygen atoms in total. The Labute approximate surface area is 161 Å². The standard InChI is InChI=1S/C20H32FN5O/c1-4-22-20(24-10-12-26(2)11-5-13-27-3)23-9-8-16-15-25-19-14-17(21)6-7-18(16)19/h6-7,14-15,25H,4-5,8-13H2,1-3H3,(H2,22,23,24). The summed E-state index contributed by atoms with van der Waals surface area (Å²) in [6.07, 6.45) is 3.82. The zero-order chi connectivity index (χ0) is 19.5. The molecule has 0 unspecified atom stereocenters. The van der Waals surface area contributed by atoms with Crippen molar-refractivity contribution in [2.45, 2.75) is 19.8 Å². The van der Waals surface area contributed by atoms with E-state index in [1.807, 2.05) is 12.3 Å². The summed E-state index contributed by atoms with van der Waals surface area (Å²) in [6.45, 7) is 7.09. The largest absolute Gasteiger partial charge is 0.385 e. The molecule has 27 heavy (non-hydrogen) atoms. The molecule has 0 aliphatic rings. The normalized spacial score (nSPS) is 12.1. The van der Waals surface area contributed by atoms with Gasteiger partial charge in [-0.2, -0.15) is 0 Å². The number of aromatic nitrogens is 1. The summed E-state index contributed by atoms with van der Waals surface area (Å²) in [4.78, 5) is 10.0. The number of benzene rings is 1. The summed E-state index contributed by atoms with van der Waals surface area (Å²) < 4.78 is 18.4. The first-order chi connectivity index (χ1) is 13.1. The molecule has 0 saturated carbocycles. The summed E-state index contributed by atoms with van der Waals surface area (Å²) >= 11 is 0. The highest BCUT2D eigenvalue weighted by Crippen LogP contribution is 2.19. The molecular formula is C20H32FN5O. The van der Waals surface area contributed by atoms with Gasteiger partial charge in [0.25, 0.3) is 0 Å². The Bertz CT molecular complexity index is 715. The fourth-order valence-electron chi connectivity index (χ4n) is 2.95. The molecule has 0 fully saturated rings. The van der Waals surface area contributed by atoms with Crippen molar-refractivity contribution in [2.24, 2.45) is 4.99 Å². The number of aromatic amines is 1. The molecule has 150 valence electrons. The highest BCUT2D eigenvalue weighted by atomic mass is 19.1. The second kappa shape index (κ2) is 11.6. The average Bonchev–Trinajstić information content (AvgIpc) is 3.04. The summed E-state index contributed by atoms with van der Waals surface area (Å²) in [6, 6.07) is 4.86. The molecule has 1 heterocycles. The van der Waals surface area contributed by atoms with E-state index in [4.69, 9.17) is 4.74 Å². The van der Waals surface area contributed by atoms with Gasteiger partial charge in [-0.3, -0.25) is 4.99 Å². The SMILES string of the molecule is CCNC(=NCCN(C)CCCOC)NCCc1c[nH]c2cc(F)ccc12. The van der Waals surface area contributed by atoms with Crippen molar-refractivity contribution >= 4 is 16.9 Å². The molecule has 0 bridgehead atoms. The fourth-order valence-corrected chi connectivity index (χ4v) is 2.95. The number of guanidine groups is 1. The van der Waals surface area contributed by atoms with Crippen LogP contribution in [0.25, 0.3) is 10.9 Å². The van der Waals surface area contributed by atoms with Crippen LogP contribution < -0.4 is 10.6 Å². The number of hydrogen-bond donors (Lipinski definition) is 3. The van der Waals surface area contributed by atoms with Crippen LogP contribution in [-0.4, -0.2) is 69.3 Å². The van der Waals surface area contributed by atoms with E-state index in [-0.39, 0.29) is 5.82 Å². The van der Waals surface area contributed by atoms with Gasteiger partial charge in [0.2, 0.25) is 0 Å². The Morgan fingerprint density at radius 2 is 2.15 bits per heavy atom. The number of rotatable bonds is 11. The molecule has 2 aromatic rings. The lowest BCUT2D eigenvalue weighted by molar-refractivity contribution is 0.180. The third-order valence-corrected chi connectivity index (χ3v) is 4.40. The first-order valence-electron chi connectivity index (χ1n) is 9.59. The Hall–Kier alpha value is -2.12. The lowest BCUT2D eigenvalue weighted by atomic mass is 10.1. The maximum absolute atomic E-state index is 13.3. The van der Waals surface area contributed by atoms with E-state index in [2.05, 4.69) is 39.5 Å². The summed E-state index contributed by atoms with van der Waals surface area (Å²) in [5.74, 6) is 0.608. The number of H-pyrrole nitrogens is 1. The number of likely N-dealkylation sites (N-methyl/N-ethyl adjacent to an activating group) is 1. The molecule has 0 aliphatic heterocycles. The van der Waals surface area contributed by atoms with Crippen LogP contribution in [-0.2, 0) is 11.2 Å². The molecule has 0 radical (unpaired) electrons. The maximum Gasteiger partial charge on any atom is 0.191 e. The maximum atomic E-state index is 13.3. The number of methoxy groups -OCH3 is 1. The van der Waals surface area contributed by atoms with Crippen LogP contribution in [0.15, 0.2) is 29.4 Å². The second-order valence-electron chi connectivity index (χ2n) is 6.59. The quantitative estimate of drug-likeness (QED) is 0.320. The molecular weight excluding hydrogens is 345 g/mol. The van der Waals surface area contributed by atoms with Gasteiger partial charge in [0.1, 0.15) is 5.82 Å². The third kappa shape index (κ3) is 7.19. The fraction of sp³-hybridized carbons (Fsp3) is 0.550. The van der Waals surface area contributed by atoms with Gasteiger partial charge < -0.3 is 25.3 Å². The number of nitrogens with zero attached hydrogens (tertiary/aromatic N) is 2. The summed E-state index contributed by atoms with van der Waals surface area (Å²) in [5.41, 5.74) is 2.01. The predicted octanol–water partition coefficient (Wildman–Crippen LogP) is 2.37. The van der Waals surface area contributed by atoms with E-state index >= 15 is 0 Å². The van der Waals surface area contributed by atoms with Crippen LogP contribution in [0.1, 0.15) is 18.9 Å². The van der Waals surface area contributed by atoms with Crippen molar-refractivity contribution in [2.75, 3.05) is 53.5 Å². The summed E-state index contributed by atoms with van der Waals surface area (Å²) in [7, 11) is 3.83. The zero-order valence-corrected chi connectivity index (χ0v) is 16.6. The molecule has 0 spiro atoms. The van der Waals surface area contributed by atoms with Crippen LogP contribution in [0.3, 0.4) is 0 Å². The van der Waals surface area contributed by atoms with Gasteiger partial charge in [0, 0.05) is 57.0 Å². The van der Waals surface area contributed by atoms with Gasteiger partial charge in [0.05, 0.1) is 6.54 Å². The van der Waals surface area contributed by atoms with Crippen LogP contribution in [0.2, 0.25) is 0 Å². The van der Waals surface area contributed by atoms with Crippen LogP contribution >= 0.6 is 0 Å². The first kappa shape index (κ1) is 21.2. The Morgan fingerprint density at radius 1 is 1.30 bits per heavy atom. The van der Waals surface area contributed by atoms with Crippen molar-refractivity contribution in [1.82, 2.24) is 20.5 Å². The minimum atomic E-state index is -0.220. The van der Waals surface area contributed by atoms with Gasteiger partial charge in [0.15, 0.2) is 5.96 Å². The molecule has 0 saturated heterocycles. The molecule has 0 aliphatic carbocycles. The Kier molecular flexibility index (Phi) is 9.07. The van der Waals surface area contributed by atoms with Crippen LogP contribution in [0, 0.1) is 5.82 Å². The van der Waals surface area contributed by atoms with Crippen molar-refractivity contribution in [3.05, 3.63) is 35.8 Å². The second-order valence-corrected chi connectivity index (χ2v) is 6.59. The monoisotopic (exact) mass is 377 g/mol. The molecule has 7 heteroatoms. The molecule has 2 rings (SSSR count). The number of nitrogens with one attached hydrogen (secondary N) is 3. The van der Waals surface area contributed by atoms with E-state index < -0.39 is 0 Å². The lowest BCUT2D eigenvalue weighted by Gasteiger charge is -2.16. The van der Waals surface area contributed by atoms with Crippen LogP contribution in [0.5, 0.6) is 0 Å². The first-order valence-corrected chi connectivity index (χ1v) is 9.59. The molecule has 1 aromatic carbocycles. The third-order valence-electron chi connectivity index (χ3n) is 4.40. The van der Waals surface area contributed by atoms with Crippen LogP contribution in [0.4, 0.5) is 4.39 Å². The van der Waals surface area contributed by atoms with E-state index in [1.165, 1.54) is 17.7 Å². The molecule has 0 amide bonds. The Morgan fingerprint density at radius 3 is 2.93 bits per heavy atom. The van der Waals surface area contributed by atoms with Crippen molar-refractivity contribution in [3.63, 3.8) is 0 Å². The van der Waals surface area contributed by atoms with E-state index in [9.17, 15) is 4.39 Å². The van der Waals surface area contributed by atoms with Crippen molar-refractivity contribution < 1.29 is 9.13 Å². The number of aliphatic imine (C=N–C) groups is 1. The topological polar surface area (TPSA) is 64.7 Å². The van der Waals surface area contributed by atoms with Crippen molar-refractivity contribution in [3.8, 4) is 0 Å². The zero-order valence-electron chi connectivity index (χ0n) is 16.6. The van der Waals surface area contributed by atoms with E-state index in [0.717, 1.165) is 69.0 Å². The molecule has 1 aromatic heterocycles.